The van der Waals surface area contributed by atoms with Crippen LogP contribution < -0.4 is 5.32 Å². The number of thioether (sulfide) groups is 1. The first kappa shape index (κ1) is 16.0. The minimum atomic E-state index is -0.784. The van der Waals surface area contributed by atoms with Gasteiger partial charge in [0.2, 0.25) is 0 Å². The topological polar surface area (TPSA) is 12.0 Å². The summed E-state index contributed by atoms with van der Waals surface area (Å²) in [6.07, 6.45) is 0.471. The van der Waals surface area contributed by atoms with E-state index < -0.39 is 11.6 Å². The van der Waals surface area contributed by atoms with Crippen molar-refractivity contribution in [1.29, 1.82) is 0 Å². The van der Waals surface area contributed by atoms with Crippen LogP contribution in [0.15, 0.2) is 47.4 Å². The van der Waals surface area contributed by atoms with Gasteiger partial charge in [-0.3, -0.25) is 0 Å². The molecule has 0 aliphatic carbocycles. The molecule has 0 aromatic heterocycles. The van der Waals surface area contributed by atoms with Crippen LogP contribution in [0.3, 0.4) is 0 Å². The molecule has 0 saturated carbocycles. The van der Waals surface area contributed by atoms with Gasteiger partial charge in [0.15, 0.2) is 11.6 Å². The molecule has 0 saturated heterocycles. The van der Waals surface area contributed by atoms with Gasteiger partial charge in [0, 0.05) is 16.7 Å². The summed E-state index contributed by atoms with van der Waals surface area (Å²) in [4.78, 5) is 1.19. The first-order chi connectivity index (χ1) is 10.1. The number of benzene rings is 2. The Morgan fingerprint density at radius 2 is 1.90 bits per heavy atom. The fraction of sp³-hybridized carbons (Fsp3) is 0.294. The van der Waals surface area contributed by atoms with E-state index in [1.54, 1.807) is 23.9 Å². The Kier molecular flexibility index (Phi) is 5.76. The summed E-state index contributed by atoms with van der Waals surface area (Å²) in [6.45, 7) is 2.06. The van der Waals surface area contributed by atoms with Gasteiger partial charge in [-0.25, -0.2) is 8.78 Å². The normalized spacial score (nSPS) is 12.4. The van der Waals surface area contributed by atoms with Crippen molar-refractivity contribution in [3.8, 4) is 0 Å². The quantitative estimate of drug-likeness (QED) is 0.803. The molecule has 0 heterocycles. The van der Waals surface area contributed by atoms with Gasteiger partial charge < -0.3 is 5.32 Å². The van der Waals surface area contributed by atoms with Gasteiger partial charge in [-0.2, -0.15) is 0 Å². The van der Waals surface area contributed by atoms with Crippen LogP contribution in [-0.2, 0) is 6.42 Å². The first-order valence-electron chi connectivity index (χ1n) is 6.89. The van der Waals surface area contributed by atoms with Crippen molar-refractivity contribution in [3.63, 3.8) is 0 Å². The Balaban J connectivity index is 1.99. The van der Waals surface area contributed by atoms with E-state index in [-0.39, 0.29) is 6.04 Å². The molecule has 0 bridgehead atoms. The molecule has 2 aromatic rings. The molecule has 112 valence electrons. The zero-order chi connectivity index (χ0) is 15.2. The highest BCUT2D eigenvalue weighted by atomic mass is 32.2. The average Bonchev–Trinajstić information content (AvgIpc) is 2.48. The molecule has 1 atom stereocenters. The lowest BCUT2D eigenvalue weighted by Crippen LogP contribution is -2.30. The maximum Gasteiger partial charge on any atom is 0.162 e. The molecule has 0 spiro atoms. The molecule has 21 heavy (non-hydrogen) atoms. The summed E-state index contributed by atoms with van der Waals surface area (Å²) in [7, 11) is 1.85. The van der Waals surface area contributed by atoms with Crippen molar-refractivity contribution >= 4 is 11.8 Å². The molecule has 0 aliphatic heterocycles. The van der Waals surface area contributed by atoms with E-state index in [4.69, 9.17) is 0 Å². The predicted octanol–water partition coefficient (Wildman–Crippen LogP) is 4.20. The summed E-state index contributed by atoms with van der Waals surface area (Å²) < 4.78 is 26.9. The van der Waals surface area contributed by atoms with Crippen LogP contribution in [0.2, 0.25) is 0 Å². The van der Waals surface area contributed by atoms with Crippen LogP contribution in [0.1, 0.15) is 11.1 Å². The largest absolute Gasteiger partial charge is 0.316 e. The van der Waals surface area contributed by atoms with Crippen LogP contribution in [-0.4, -0.2) is 18.8 Å². The molecule has 0 radical (unpaired) electrons. The second kappa shape index (κ2) is 7.57. The number of hydrogen-bond acceptors (Lipinski definition) is 2. The number of rotatable bonds is 6. The van der Waals surface area contributed by atoms with Crippen molar-refractivity contribution in [3.05, 3.63) is 65.2 Å². The highest BCUT2D eigenvalue weighted by Gasteiger charge is 2.13. The Morgan fingerprint density at radius 3 is 2.62 bits per heavy atom. The first-order valence-corrected chi connectivity index (χ1v) is 7.88. The van der Waals surface area contributed by atoms with Crippen molar-refractivity contribution < 1.29 is 8.78 Å². The number of aryl methyl sites for hydroxylation is 1. The van der Waals surface area contributed by atoms with Gasteiger partial charge in [0.1, 0.15) is 0 Å². The lowest BCUT2D eigenvalue weighted by molar-refractivity contribution is 0.490. The number of nitrogens with one attached hydrogen (secondary N) is 1. The average molecular weight is 307 g/mol. The van der Waals surface area contributed by atoms with E-state index in [1.807, 2.05) is 13.1 Å². The molecule has 2 rings (SSSR count). The molecule has 0 amide bonds. The van der Waals surface area contributed by atoms with E-state index in [1.165, 1.54) is 10.5 Å². The molecule has 2 aromatic carbocycles. The number of likely N-dealkylation sites (N-methyl/N-ethyl adjacent to an activating group) is 1. The molecule has 4 heteroatoms. The van der Waals surface area contributed by atoms with E-state index in [2.05, 4.69) is 30.4 Å². The maximum absolute atomic E-state index is 13.7. The number of halogens is 2. The van der Waals surface area contributed by atoms with Gasteiger partial charge in [-0.15, -0.1) is 11.8 Å². The van der Waals surface area contributed by atoms with E-state index in [0.717, 1.165) is 11.8 Å². The zero-order valence-electron chi connectivity index (χ0n) is 12.2. The summed E-state index contributed by atoms with van der Waals surface area (Å²) in [5.74, 6) is -0.720. The Bertz CT molecular complexity index is 601. The molecular weight excluding hydrogens is 288 g/mol. The van der Waals surface area contributed by atoms with E-state index >= 15 is 0 Å². The monoisotopic (exact) mass is 307 g/mol. The molecule has 0 aliphatic rings. The van der Waals surface area contributed by atoms with Crippen LogP contribution in [0.5, 0.6) is 0 Å². The van der Waals surface area contributed by atoms with Crippen LogP contribution in [0.25, 0.3) is 0 Å². The van der Waals surface area contributed by atoms with Crippen molar-refractivity contribution in [2.75, 3.05) is 12.8 Å². The van der Waals surface area contributed by atoms with Gasteiger partial charge in [-0.1, -0.05) is 29.8 Å². The number of hydrogen-bond donors (Lipinski definition) is 1. The lowest BCUT2D eigenvalue weighted by atomic mass is 10.1. The van der Waals surface area contributed by atoms with Crippen molar-refractivity contribution in [1.82, 2.24) is 5.32 Å². The second-order valence-electron chi connectivity index (χ2n) is 5.03. The van der Waals surface area contributed by atoms with Gasteiger partial charge in [0.25, 0.3) is 0 Å². The Labute approximate surface area is 128 Å². The predicted molar refractivity (Wildman–Crippen MR) is 84.8 cm³/mol. The van der Waals surface area contributed by atoms with E-state index in [0.29, 0.717) is 12.0 Å². The standard InChI is InChI=1S/C17H19F2NS/c1-12-5-3-7-15(9-12)21-11-14(20-2)10-13-6-4-8-16(18)17(13)19/h3-9,14,20H,10-11H2,1-2H3. The summed E-state index contributed by atoms with van der Waals surface area (Å²) >= 11 is 1.72. The Hall–Kier alpha value is -1.39. The van der Waals surface area contributed by atoms with Crippen LogP contribution in [0.4, 0.5) is 8.78 Å². The molecule has 1 unspecified atom stereocenters. The summed E-state index contributed by atoms with van der Waals surface area (Å²) in [5, 5.41) is 3.17. The molecule has 0 fully saturated rings. The molecular formula is C17H19F2NS. The third kappa shape index (κ3) is 4.55. The zero-order valence-corrected chi connectivity index (χ0v) is 13.0. The van der Waals surface area contributed by atoms with Crippen molar-refractivity contribution in [2.24, 2.45) is 0 Å². The summed E-state index contributed by atoms with van der Waals surface area (Å²) in [5.41, 5.74) is 1.64. The minimum absolute atomic E-state index is 0.0896. The van der Waals surface area contributed by atoms with Crippen molar-refractivity contribution in [2.45, 2.75) is 24.3 Å². The van der Waals surface area contributed by atoms with Gasteiger partial charge in [0.05, 0.1) is 0 Å². The van der Waals surface area contributed by atoms with Gasteiger partial charge in [-0.05, 0) is 44.2 Å². The highest BCUT2D eigenvalue weighted by molar-refractivity contribution is 7.99. The Morgan fingerprint density at radius 1 is 1.14 bits per heavy atom. The molecule has 1 N–H and O–H groups in total. The SMILES string of the molecule is CNC(CSc1cccc(C)c1)Cc1cccc(F)c1F. The van der Waals surface area contributed by atoms with Gasteiger partial charge >= 0.3 is 0 Å². The maximum atomic E-state index is 13.7. The van der Waals surface area contributed by atoms with Crippen LogP contribution >= 0.6 is 11.8 Å². The second-order valence-corrected chi connectivity index (χ2v) is 6.12. The third-order valence-electron chi connectivity index (χ3n) is 3.35. The van der Waals surface area contributed by atoms with Crippen LogP contribution in [0, 0.1) is 18.6 Å². The fourth-order valence-corrected chi connectivity index (χ4v) is 3.24. The fourth-order valence-electron chi connectivity index (χ4n) is 2.12. The third-order valence-corrected chi connectivity index (χ3v) is 4.50. The highest BCUT2D eigenvalue weighted by Crippen LogP contribution is 2.21. The lowest BCUT2D eigenvalue weighted by Gasteiger charge is -2.16. The van der Waals surface area contributed by atoms with E-state index in [9.17, 15) is 8.78 Å². The molecule has 1 nitrogen and oxygen atoms in total. The smallest absolute Gasteiger partial charge is 0.162 e. The summed E-state index contributed by atoms with van der Waals surface area (Å²) in [6, 6.07) is 12.7. The minimum Gasteiger partial charge on any atom is -0.316 e.